The molecule has 0 saturated heterocycles. The van der Waals surface area contributed by atoms with Gasteiger partial charge in [-0.25, -0.2) is 0 Å². The van der Waals surface area contributed by atoms with E-state index in [1.807, 2.05) is 0 Å². The average molecular weight is 286 g/mol. The lowest BCUT2D eigenvalue weighted by Crippen LogP contribution is -2.05. The zero-order chi connectivity index (χ0) is 14.4. The van der Waals surface area contributed by atoms with Gasteiger partial charge < -0.3 is 4.74 Å². The molecular weight excluding hydrogens is 270 g/mol. The first-order valence-electron chi connectivity index (χ1n) is 5.99. The first kappa shape index (κ1) is 15.4. The molecule has 1 atom stereocenters. The van der Waals surface area contributed by atoms with E-state index in [0.29, 0.717) is 18.6 Å². The topological polar surface area (TPSA) is 69.4 Å². The van der Waals surface area contributed by atoms with Gasteiger partial charge in [0.1, 0.15) is 0 Å². The van der Waals surface area contributed by atoms with Crippen LogP contribution in [0.15, 0.2) is 18.2 Å². The number of nitro benzene ring substituents is 1. The molecule has 0 amide bonds. The third-order valence-corrected chi connectivity index (χ3v) is 3.03. The second kappa shape index (κ2) is 7.09. The minimum atomic E-state index is -0.453. The van der Waals surface area contributed by atoms with Crippen LogP contribution < -0.4 is 0 Å². The number of carbonyl (C=O) groups is 1. The molecule has 0 N–H and O–H groups in total. The Hall–Kier alpha value is -1.62. The molecule has 1 rings (SSSR count). The highest BCUT2D eigenvalue weighted by molar-refractivity contribution is 6.20. The Kier molecular flexibility index (Phi) is 5.76. The number of hydrogen-bond donors (Lipinski definition) is 0. The highest BCUT2D eigenvalue weighted by Gasteiger charge is 2.15. The van der Waals surface area contributed by atoms with Crippen molar-refractivity contribution in [2.75, 3.05) is 6.61 Å². The molecule has 0 aliphatic carbocycles. The van der Waals surface area contributed by atoms with Gasteiger partial charge in [-0.2, -0.15) is 0 Å². The number of halogens is 1. The van der Waals surface area contributed by atoms with Crippen molar-refractivity contribution >= 4 is 23.3 Å². The smallest absolute Gasteiger partial charge is 0.305 e. The summed E-state index contributed by atoms with van der Waals surface area (Å²) in [5.41, 5.74) is 1.43. The predicted molar refractivity (Wildman–Crippen MR) is 72.3 cm³/mol. The van der Waals surface area contributed by atoms with E-state index >= 15 is 0 Å². The summed E-state index contributed by atoms with van der Waals surface area (Å²) < 4.78 is 4.81. The number of non-ortho nitro benzene ring substituents is 1. The first-order valence-corrected chi connectivity index (χ1v) is 6.43. The van der Waals surface area contributed by atoms with Gasteiger partial charge in [0.2, 0.25) is 0 Å². The first-order chi connectivity index (χ1) is 8.93. The molecule has 5 nitrogen and oxygen atoms in total. The SMILES string of the molecule is CCOC(=O)CCC(Cl)c1cc(C)cc([N+](=O)[O-])c1. The van der Waals surface area contributed by atoms with Gasteiger partial charge in [0.05, 0.1) is 16.9 Å². The van der Waals surface area contributed by atoms with E-state index in [9.17, 15) is 14.9 Å². The summed E-state index contributed by atoms with van der Waals surface area (Å²) in [7, 11) is 0. The molecule has 1 aromatic rings. The second-order valence-electron chi connectivity index (χ2n) is 4.17. The van der Waals surface area contributed by atoms with E-state index in [2.05, 4.69) is 0 Å². The maximum Gasteiger partial charge on any atom is 0.305 e. The molecular formula is C13H16ClNO4. The lowest BCUT2D eigenvalue weighted by molar-refractivity contribution is -0.385. The van der Waals surface area contributed by atoms with Crippen LogP contribution in [-0.2, 0) is 9.53 Å². The van der Waals surface area contributed by atoms with Crippen molar-refractivity contribution in [3.63, 3.8) is 0 Å². The van der Waals surface area contributed by atoms with Crippen LogP contribution in [0.2, 0.25) is 0 Å². The van der Waals surface area contributed by atoms with Crippen molar-refractivity contribution in [3.8, 4) is 0 Å². The van der Waals surface area contributed by atoms with Crippen LogP contribution in [0, 0.1) is 17.0 Å². The van der Waals surface area contributed by atoms with Crippen molar-refractivity contribution < 1.29 is 14.5 Å². The number of alkyl halides is 1. The molecule has 19 heavy (non-hydrogen) atoms. The van der Waals surface area contributed by atoms with Crippen LogP contribution >= 0.6 is 11.6 Å². The summed E-state index contributed by atoms with van der Waals surface area (Å²) in [6.07, 6.45) is 0.588. The highest BCUT2D eigenvalue weighted by Crippen LogP contribution is 2.29. The van der Waals surface area contributed by atoms with E-state index in [0.717, 1.165) is 5.56 Å². The Bertz CT molecular complexity index is 476. The van der Waals surface area contributed by atoms with Crippen LogP contribution in [0.25, 0.3) is 0 Å². The molecule has 0 aromatic heterocycles. The number of rotatable bonds is 6. The van der Waals surface area contributed by atoms with Crippen molar-refractivity contribution in [1.29, 1.82) is 0 Å². The molecule has 1 aromatic carbocycles. The molecule has 104 valence electrons. The maximum atomic E-state index is 11.2. The molecule has 0 saturated carbocycles. The van der Waals surface area contributed by atoms with Crippen molar-refractivity contribution in [3.05, 3.63) is 39.4 Å². The highest BCUT2D eigenvalue weighted by atomic mass is 35.5. The number of aryl methyl sites for hydroxylation is 1. The third-order valence-electron chi connectivity index (χ3n) is 2.56. The number of hydrogen-bond acceptors (Lipinski definition) is 4. The molecule has 0 spiro atoms. The Morgan fingerprint density at radius 3 is 2.74 bits per heavy atom. The second-order valence-corrected chi connectivity index (χ2v) is 4.70. The van der Waals surface area contributed by atoms with Gasteiger partial charge in [-0.15, -0.1) is 11.6 Å². The number of nitro groups is 1. The zero-order valence-corrected chi connectivity index (χ0v) is 11.6. The molecule has 0 radical (unpaired) electrons. The Labute approximate surface area is 116 Å². The van der Waals surface area contributed by atoms with Gasteiger partial charge >= 0.3 is 5.97 Å². The standard InChI is InChI=1S/C13H16ClNO4/c1-3-19-13(16)5-4-12(14)10-6-9(2)7-11(8-10)15(17)18/h6-8,12H,3-5H2,1-2H3. The van der Waals surface area contributed by atoms with E-state index in [1.54, 1.807) is 19.9 Å². The number of nitrogens with zero attached hydrogens (tertiary/aromatic N) is 1. The average Bonchev–Trinajstić information content (AvgIpc) is 2.35. The zero-order valence-electron chi connectivity index (χ0n) is 10.9. The maximum absolute atomic E-state index is 11.2. The molecule has 0 aliphatic rings. The molecule has 0 aliphatic heterocycles. The van der Waals surface area contributed by atoms with E-state index < -0.39 is 10.3 Å². The predicted octanol–water partition coefficient (Wildman–Crippen LogP) is 3.53. The van der Waals surface area contributed by atoms with Gasteiger partial charge in [0.15, 0.2) is 0 Å². The molecule has 1 unspecified atom stereocenters. The van der Waals surface area contributed by atoms with Gasteiger partial charge in [-0.1, -0.05) is 6.07 Å². The Balaban J connectivity index is 2.73. The van der Waals surface area contributed by atoms with Crippen molar-refractivity contribution in [2.45, 2.75) is 32.1 Å². The van der Waals surface area contributed by atoms with Gasteiger partial charge in [-0.3, -0.25) is 14.9 Å². The van der Waals surface area contributed by atoms with E-state index in [1.165, 1.54) is 12.1 Å². The van der Waals surface area contributed by atoms with E-state index in [-0.39, 0.29) is 18.1 Å². The third kappa shape index (κ3) is 4.87. The Morgan fingerprint density at radius 2 is 2.16 bits per heavy atom. The van der Waals surface area contributed by atoms with Crippen LogP contribution in [-0.4, -0.2) is 17.5 Å². The molecule has 0 bridgehead atoms. The van der Waals surface area contributed by atoms with Crippen molar-refractivity contribution in [2.24, 2.45) is 0 Å². The Morgan fingerprint density at radius 1 is 1.47 bits per heavy atom. The number of carbonyl (C=O) groups excluding carboxylic acids is 1. The summed E-state index contributed by atoms with van der Waals surface area (Å²) in [6, 6.07) is 4.71. The molecule has 6 heteroatoms. The molecule has 0 heterocycles. The lowest BCUT2D eigenvalue weighted by atomic mass is 10.0. The molecule has 0 fully saturated rings. The summed E-state index contributed by atoms with van der Waals surface area (Å²) in [5.74, 6) is -0.310. The summed E-state index contributed by atoms with van der Waals surface area (Å²) in [6.45, 7) is 3.84. The van der Waals surface area contributed by atoms with Gasteiger partial charge in [0.25, 0.3) is 5.69 Å². The number of ether oxygens (including phenoxy) is 1. The van der Waals surface area contributed by atoms with E-state index in [4.69, 9.17) is 16.3 Å². The van der Waals surface area contributed by atoms with Crippen molar-refractivity contribution in [1.82, 2.24) is 0 Å². The number of esters is 1. The fourth-order valence-electron chi connectivity index (χ4n) is 1.72. The fourth-order valence-corrected chi connectivity index (χ4v) is 1.96. The minimum Gasteiger partial charge on any atom is -0.466 e. The lowest BCUT2D eigenvalue weighted by Gasteiger charge is -2.10. The minimum absolute atomic E-state index is 0.0109. The summed E-state index contributed by atoms with van der Waals surface area (Å²) in [4.78, 5) is 21.5. The summed E-state index contributed by atoms with van der Waals surface area (Å²) >= 11 is 6.17. The van der Waals surface area contributed by atoms with Gasteiger partial charge in [0, 0.05) is 18.6 Å². The van der Waals surface area contributed by atoms with Gasteiger partial charge in [-0.05, 0) is 31.4 Å². The normalized spacial score (nSPS) is 11.9. The number of benzene rings is 1. The summed E-state index contributed by atoms with van der Waals surface area (Å²) in [5, 5.41) is 10.3. The monoisotopic (exact) mass is 285 g/mol. The fraction of sp³-hybridized carbons (Fsp3) is 0.462. The van der Waals surface area contributed by atoms with Crippen LogP contribution in [0.5, 0.6) is 0 Å². The quantitative estimate of drug-likeness (QED) is 0.347. The van der Waals surface area contributed by atoms with Crippen LogP contribution in [0.1, 0.15) is 36.3 Å². The largest absolute Gasteiger partial charge is 0.466 e. The van der Waals surface area contributed by atoms with Crippen LogP contribution in [0.4, 0.5) is 5.69 Å². The van der Waals surface area contributed by atoms with Crippen LogP contribution in [0.3, 0.4) is 0 Å².